The van der Waals surface area contributed by atoms with Crippen molar-refractivity contribution in [1.82, 2.24) is 9.80 Å². The fraction of sp³-hybridized carbons (Fsp3) is 0.435. The Balaban J connectivity index is 1.67. The van der Waals surface area contributed by atoms with E-state index in [0.29, 0.717) is 17.3 Å². The number of hydrogen-bond acceptors (Lipinski definition) is 4. The summed E-state index contributed by atoms with van der Waals surface area (Å²) in [6, 6.07) is 14.1. The van der Waals surface area contributed by atoms with Gasteiger partial charge in [-0.25, -0.2) is 8.42 Å². The van der Waals surface area contributed by atoms with Gasteiger partial charge in [0.05, 0.1) is 10.6 Å². The van der Waals surface area contributed by atoms with E-state index in [-0.39, 0.29) is 16.8 Å². The lowest BCUT2D eigenvalue weighted by molar-refractivity contribution is 0.0615. The molecule has 0 unspecified atom stereocenters. The van der Waals surface area contributed by atoms with Gasteiger partial charge >= 0.3 is 0 Å². The molecule has 6 nitrogen and oxygen atoms in total. The number of sulfonamides is 1. The molecule has 1 saturated heterocycles. The van der Waals surface area contributed by atoms with Crippen LogP contribution in [0.4, 0.5) is 5.69 Å². The lowest BCUT2D eigenvalue weighted by Gasteiger charge is -2.38. The molecule has 7 heteroatoms. The van der Waals surface area contributed by atoms with Crippen molar-refractivity contribution < 1.29 is 13.2 Å². The number of para-hydroxylation sites is 1. The smallest absolute Gasteiger partial charge is 0.261 e. The summed E-state index contributed by atoms with van der Waals surface area (Å²) in [5.74, 6) is -0.0752. The maximum Gasteiger partial charge on any atom is 0.261 e. The Kier molecular flexibility index (Phi) is 6.83. The number of amides is 1. The van der Waals surface area contributed by atoms with Gasteiger partial charge in [0.2, 0.25) is 0 Å². The molecule has 0 aromatic heterocycles. The molecule has 0 spiro atoms. The molecular weight excluding hydrogens is 398 g/mol. The number of hydrogen-bond donors (Lipinski definition) is 1. The summed E-state index contributed by atoms with van der Waals surface area (Å²) >= 11 is 0. The lowest BCUT2D eigenvalue weighted by Crippen LogP contribution is -2.47. The van der Waals surface area contributed by atoms with E-state index >= 15 is 0 Å². The highest BCUT2D eigenvalue weighted by Crippen LogP contribution is 2.22. The third-order valence-electron chi connectivity index (χ3n) is 5.90. The van der Waals surface area contributed by atoms with Crippen LogP contribution in [-0.2, 0) is 10.0 Å². The molecule has 1 aliphatic rings. The van der Waals surface area contributed by atoms with Gasteiger partial charge in [0, 0.05) is 37.8 Å². The average Bonchev–Trinajstić information content (AvgIpc) is 2.74. The van der Waals surface area contributed by atoms with Gasteiger partial charge in [0.25, 0.3) is 15.9 Å². The number of rotatable bonds is 6. The first-order valence-electron chi connectivity index (χ1n) is 10.4. The van der Waals surface area contributed by atoms with Crippen LogP contribution in [0.2, 0.25) is 0 Å². The second-order valence-electron chi connectivity index (χ2n) is 8.22. The Bertz CT molecular complexity index is 979. The molecule has 1 heterocycles. The van der Waals surface area contributed by atoms with Crippen molar-refractivity contribution >= 4 is 21.6 Å². The Morgan fingerprint density at radius 1 is 1.07 bits per heavy atom. The average molecular weight is 430 g/mol. The molecule has 0 bridgehead atoms. The van der Waals surface area contributed by atoms with Crippen LogP contribution in [0.5, 0.6) is 0 Å². The number of carbonyl (C=O) groups excluding carboxylic acids is 1. The number of anilines is 1. The first-order chi connectivity index (χ1) is 14.2. The molecule has 0 saturated carbocycles. The van der Waals surface area contributed by atoms with Gasteiger partial charge in [-0.3, -0.25) is 9.52 Å². The molecule has 1 aliphatic heterocycles. The van der Waals surface area contributed by atoms with E-state index in [2.05, 4.69) is 23.5 Å². The van der Waals surface area contributed by atoms with Crippen molar-refractivity contribution in [1.29, 1.82) is 0 Å². The van der Waals surface area contributed by atoms with E-state index in [1.807, 2.05) is 26.1 Å². The topological polar surface area (TPSA) is 69.7 Å². The maximum absolute atomic E-state index is 12.9. The van der Waals surface area contributed by atoms with Crippen LogP contribution in [0.15, 0.2) is 53.4 Å². The van der Waals surface area contributed by atoms with Gasteiger partial charge in [-0.2, -0.15) is 0 Å². The molecule has 1 fully saturated rings. The molecular formula is C23H31N3O3S. The van der Waals surface area contributed by atoms with Crippen molar-refractivity contribution in [2.45, 2.75) is 50.6 Å². The number of likely N-dealkylation sites (tertiary alicyclic amines) is 1. The fourth-order valence-electron chi connectivity index (χ4n) is 3.83. The van der Waals surface area contributed by atoms with Crippen LogP contribution in [0.3, 0.4) is 0 Å². The van der Waals surface area contributed by atoms with Crippen LogP contribution in [-0.4, -0.2) is 56.3 Å². The Morgan fingerprint density at radius 3 is 2.23 bits per heavy atom. The predicted octanol–water partition coefficient (Wildman–Crippen LogP) is 3.74. The molecule has 2 aromatic rings. The van der Waals surface area contributed by atoms with Crippen LogP contribution < -0.4 is 4.72 Å². The predicted molar refractivity (Wildman–Crippen MR) is 120 cm³/mol. The SMILES string of the molecule is Cc1ccccc1NS(=O)(=O)c1ccc(C(=O)N(C)C2CCN(C(C)C)CC2)cc1. The van der Waals surface area contributed by atoms with Gasteiger partial charge in [-0.15, -0.1) is 0 Å². The molecule has 0 radical (unpaired) electrons. The van der Waals surface area contributed by atoms with Crippen LogP contribution >= 0.6 is 0 Å². The zero-order chi connectivity index (χ0) is 21.9. The molecule has 3 rings (SSSR count). The van der Waals surface area contributed by atoms with E-state index in [4.69, 9.17) is 0 Å². The zero-order valence-electron chi connectivity index (χ0n) is 18.1. The van der Waals surface area contributed by atoms with Crippen molar-refractivity contribution in [3.63, 3.8) is 0 Å². The number of aryl methyl sites for hydroxylation is 1. The number of piperidine rings is 1. The highest BCUT2D eigenvalue weighted by atomic mass is 32.2. The van der Waals surface area contributed by atoms with E-state index in [9.17, 15) is 13.2 Å². The van der Waals surface area contributed by atoms with Crippen molar-refractivity contribution in [2.24, 2.45) is 0 Å². The first-order valence-corrected chi connectivity index (χ1v) is 11.9. The molecule has 0 atom stereocenters. The Labute approximate surface area is 179 Å². The van der Waals surface area contributed by atoms with Crippen molar-refractivity contribution in [3.05, 3.63) is 59.7 Å². The van der Waals surface area contributed by atoms with Gasteiger partial charge in [-0.1, -0.05) is 18.2 Å². The number of carbonyl (C=O) groups is 1. The van der Waals surface area contributed by atoms with E-state index in [0.717, 1.165) is 31.5 Å². The van der Waals surface area contributed by atoms with E-state index in [1.165, 1.54) is 12.1 Å². The standard InChI is InChI=1S/C23H31N3O3S/c1-17(2)26-15-13-20(14-16-26)25(4)23(27)19-9-11-21(12-10-19)30(28,29)24-22-8-6-5-7-18(22)3/h5-12,17,20,24H,13-16H2,1-4H3. The second kappa shape index (κ2) is 9.18. The molecule has 30 heavy (non-hydrogen) atoms. The quantitative estimate of drug-likeness (QED) is 0.759. The van der Waals surface area contributed by atoms with Crippen LogP contribution in [0.25, 0.3) is 0 Å². The number of nitrogens with zero attached hydrogens (tertiary/aromatic N) is 2. The summed E-state index contributed by atoms with van der Waals surface area (Å²) < 4.78 is 28.0. The highest BCUT2D eigenvalue weighted by molar-refractivity contribution is 7.92. The Hall–Kier alpha value is -2.38. The van der Waals surface area contributed by atoms with E-state index in [1.54, 1.807) is 29.2 Å². The van der Waals surface area contributed by atoms with Crippen LogP contribution in [0, 0.1) is 6.92 Å². The zero-order valence-corrected chi connectivity index (χ0v) is 18.9. The van der Waals surface area contributed by atoms with Gasteiger partial charge in [0.1, 0.15) is 0 Å². The van der Waals surface area contributed by atoms with Crippen LogP contribution in [0.1, 0.15) is 42.6 Å². The maximum atomic E-state index is 12.9. The molecule has 0 aliphatic carbocycles. The summed E-state index contributed by atoms with van der Waals surface area (Å²) in [5.41, 5.74) is 1.89. The summed E-state index contributed by atoms with van der Waals surface area (Å²) in [5, 5.41) is 0. The van der Waals surface area contributed by atoms with Gasteiger partial charge < -0.3 is 9.80 Å². The largest absolute Gasteiger partial charge is 0.339 e. The van der Waals surface area contributed by atoms with E-state index < -0.39 is 10.0 Å². The summed E-state index contributed by atoms with van der Waals surface area (Å²) in [6.45, 7) is 8.21. The summed E-state index contributed by atoms with van der Waals surface area (Å²) in [7, 11) is -1.88. The molecule has 162 valence electrons. The monoisotopic (exact) mass is 429 g/mol. The first kappa shape index (κ1) is 22.3. The minimum Gasteiger partial charge on any atom is -0.339 e. The fourth-order valence-corrected chi connectivity index (χ4v) is 4.96. The normalized spacial score (nSPS) is 15.9. The molecule has 2 aromatic carbocycles. The molecule has 1 N–H and O–H groups in total. The van der Waals surface area contributed by atoms with Crippen molar-refractivity contribution in [2.75, 3.05) is 24.9 Å². The third-order valence-corrected chi connectivity index (χ3v) is 7.28. The third kappa shape index (κ3) is 5.02. The van der Waals surface area contributed by atoms with Gasteiger partial charge in [0.15, 0.2) is 0 Å². The summed E-state index contributed by atoms with van der Waals surface area (Å²) in [4.78, 5) is 17.3. The highest BCUT2D eigenvalue weighted by Gasteiger charge is 2.27. The lowest BCUT2D eigenvalue weighted by atomic mass is 10.0. The number of nitrogens with one attached hydrogen (secondary N) is 1. The summed E-state index contributed by atoms with van der Waals surface area (Å²) in [6.07, 6.45) is 1.90. The van der Waals surface area contributed by atoms with Gasteiger partial charge in [-0.05, 0) is 69.5 Å². The minimum atomic E-state index is -3.71. The minimum absolute atomic E-state index is 0.0752. The number of benzene rings is 2. The molecule has 1 amide bonds. The van der Waals surface area contributed by atoms with Crippen molar-refractivity contribution in [3.8, 4) is 0 Å². The Morgan fingerprint density at radius 2 is 1.67 bits per heavy atom. The second-order valence-corrected chi connectivity index (χ2v) is 9.90.